The highest BCUT2D eigenvalue weighted by molar-refractivity contribution is 7.92. The Labute approximate surface area is 172 Å². The maximum Gasteiger partial charge on any atom is 0.264 e. The first-order valence-electron chi connectivity index (χ1n) is 9.82. The van der Waals surface area contributed by atoms with E-state index in [4.69, 9.17) is 4.74 Å². The van der Waals surface area contributed by atoms with Gasteiger partial charge in [-0.15, -0.1) is 0 Å². The number of nitrogens with zero attached hydrogens (tertiary/aromatic N) is 1. The number of carbonyl (C=O) groups is 1. The van der Waals surface area contributed by atoms with E-state index in [-0.39, 0.29) is 23.5 Å². The van der Waals surface area contributed by atoms with Gasteiger partial charge in [0.1, 0.15) is 6.54 Å². The number of aryl methyl sites for hydroxylation is 3. The predicted molar refractivity (Wildman–Crippen MR) is 114 cm³/mol. The van der Waals surface area contributed by atoms with Crippen molar-refractivity contribution in [2.75, 3.05) is 24.0 Å². The van der Waals surface area contributed by atoms with Crippen molar-refractivity contribution in [2.24, 2.45) is 0 Å². The summed E-state index contributed by atoms with van der Waals surface area (Å²) >= 11 is 0. The Balaban J connectivity index is 1.88. The van der Waals surface area contributed by atoms with Gasteiger partial charge in [0, 0.05) is 13.2 Å². The average molecular weight is 417 g/mol. The van der Waals surface area contributed by atoms with E-state index in [2.05, 4.69) is 5.32 Å². The number of carbonyl (C=O) groups excluding carboxylic acids is 1. The minimum absolute atomic E-state index is 0.00205. The Hall–Kier alpha value is -2.38. The molecule has 1 N–H and O–H groups in total. The predicted octanol–water partition coefficient (Wildman–Crippen LogP) is 3.10. The zero-order valence-corrected chi connectivity index (χ0v) is 18.0. The summed E-state index contributed by atoms with van der Waals surface area (Å²) in [5.41, 5.74) is 3.30. The molecule has 6 nitrogen and oxygen atoms in total. The molecule has 3 rings (SSSR count). The first-order valence-corrected chi connectivity index (χ1v) is 11.3. The van der Waals surface area contributed by atoms with Crippen LogP contribution in [0.5, 0.6) is 0 Å². The second-order valence-corrected chi connectivity index (χ2v) is 9.42. The minimum Gasteiger partial charge on any atom is -0.376 e. The molecule has 1 fully saturated rings. The molecular formula is C22H28N2O4S. The van der Waals surface area contributed by atoms with Crippen LogP contribution in [0, 0.1) is 20.8 Å². The normalized spacial score (nSPS) is 16.6. The quantitative estimate of drug-likeness (QED) is 0.753. The number of rotatable bonds is 7. The fourth-order valence-corrected chi connectivity index (χ4v) is 4.93. The largest absolute Gasteiger partial charge is 0.376 e. The monoisotopic (exact) mass is 416 g/mol. The molecule has 0 spiro atoms. The average Bonchev–Trinajstić information content (AvgIpc) is 3.19. The molecule has 1 aliphatic rings. The molecule has 1 saturated heterocycles. The molecule has 0 radical (unpaired) electrons. The second-order valence-electron chi connectivity index (χ2n) is 7.55. The zero-order valence-electron chi connectivity index (χ0n) is 17.1. The number of benzene rings is 2. The highest BCUT2D eigenvalue weighted by atomic mass is 32.2. The van der Waals surface area contributed by atoms with Crippen LogP contribution in [0.3, 0.4) is 0 Å². The van der Waals surface area contributed by atoms with Crippen molar-refractivity contribution in [3.8, 4) is 0 Å². The summed E-state index contributed by atoms with van der Waals surface area (Å²) in [5.74, 6) is -0.351. The van der Waals surface area contributed by atoms with Gasteiger partial charge >= 0.3 is 0 Å². The van der Waals surface area contributed by atoms with E-state index in [9.17, 15) is 13.2 Å². The minimum atomic E-state index is -3.90. The number of hydrogen-bond donors (Lipinski definition) is 1. The van der Waals surface area contributed by atoms with Crippen molar-refractivity contribution >= 4 is 21.6 Å². The van der Waals surface area contributed by atoms with E-state index >= 15 is 0 Å². The van der Waals surface area contributed by atoms with Crippen LogP contribution in [-0.4, -0.2) is 40.1 Å². The zero-order chi connectivity index (χ0) is 21.0. The summed E-state index contributed by atoms with van der Waals surface area (Å²) in [6.07, 6.45) is 1.89. The fourth-order valence-electron chi connectivity index (χ4n) is 3.44. The summed E-state index contributed by atoms with van der Waals surface area (Å²) in [7, 11) is -3.90. The van der Waals surface area contributed by atoms with Gasteiger partial charge in [-0.1, -0.05) is 35.4 Å². The number of nitrogens with one attached hydrogen (secondary N) is 1. The molecule has 0 aromatic heterocycles. The highest BCUT2D eigenvalue weighted by Gasteiger charge is 2.28. The summed E-state index contributed by atoms with van der Waals surface area (Å²) in [6.45, 7) is 6.51. The standard InChI is InChI=1S/C22H28N2O4S/c1-16-6-9-20(10-7-16)29(26,27)24(21-11-8-17(2)13-18(21)3)15-22(25)23-14-19-5-4-12-28-19/h6-11,13,19H,4-5,12,14-15H2,1-3H3,(H,23,25)/t19-/m0/s1. The molecular weight excluding hydrogens is 388 g/mol. The maximum absolute atomic E-state index is 13.4. The molecule has 2 aromatic carbocycles. The summed E-state index contributed by atoms with van der Waals surface area (Å²) in [6, 6.07) is 12.2. The van der Waals surface area contributed by atoms with Crippen LogP contribution >= 0.6 is 0 Å². The van der Waals surface area contributed by atoms with Gasteiger partial charge in [0.25, 0.3) is 10.0 Å². The van der Waals surface area contributed by atoms with Crippen molar-refractivity contribution in [1.29, 1.82) is 0 Å². The molecule has 1 heterocycles. The molecule has 156 valence electrons. The van der Waals surface area contributed by atoms with Crippen molar-refractivity contribution in [2.45, 2.75) is 44.6 Å². The van der Waals surface area contributed by atoms with Crippen LogP contribution < -0.4 is 9.62 Å². The topological polar surface area (TPSA) is 75.7 Å². The second kappa shape index (κ2) is 8.97. The Morgan fingerprint density at radius 2 is 1.79 bits per heavy atom. The van der Waals surface area contributed by atoms with Crippen molar-refractivity contribution in [3.05, 3.63) is 59.2 Å². The third kappa shape index (κ3) is 5.16. The summed E-state index contributed by atoms with van der Waals surface area (Å²) in [4.78, 5) is 12.8. The number of amides is 1. The van der Waals surface area contributed by atoms with Crippen molar-refractivity contribution < 1.29 is 17.9 Å². The van der Waals surface area contributed by atoms with E-state index in [1.54, 1.807) is 30.3 Å². The lowest BCUT2D eigenvalue weighted by Gasteiger charge is -2.26. The van der Waals surface area contributed by atoms with E-state index in [0.29, 0.717) is 18.8 Å². The molecule has 29 heavy (non-hydrogen) atoms. The van der Waals surface area contributed by atoms with Gasteiger partial charge in [-0.05, 0) is 57.4 Å². The summed E-state index contributed by atoms with van der Waals surface area (Å²) in [5, 5.41) is 2.82. The van der Waals surface area contributed by atoms with Gasteiger partial charge in [0.05, 0.1) is 16.7 Å². The van der Waals surface area contributed by atoms with E-state index < -0.39 is 10.0 Å². The molecule has 2 aromatic rings. The number of hydrogen-bond acceptors (Lipinski definition) is 4. The van der Waals surface area contributed by atoms with Crippen LogP contribution in [-0.2, 0) is 19.6 Å². The lowest BCUT2D eigenvalue weighted by Crippen LogP contribution is -2.43. The maximum atomic E-state index is 13.4. The van der Waals surface area contributed by atoms with Gasteiger partial charge in [0.2, 0.25) is 5.91 Å². The molecule has 0 aliphatic carbocycles. The van der Waals surface area contributed by atoms with Crippen molar-refractivity contribution in [1.82, 2.24) is 5.32 Å². The Bertz CT molecular complexity index is 965. The molecule has 1 atom stereocenters. The van der Waals surface area contributed by atoms with E-state index in [1.165, 1.54) is 4.31 Å². The van der Waals surface area contributed by atoms with Gasteiger partial charge in [-0.3, -0.25) is 9.10 Å². The van der Waals surface area contributed by atoms with E-state index in [1.807, 2.05) is 32.9 Å². The lowest BCUT2D eigenvalue weighted by molar-refractivity contribution is -0.120. The summed E-state index contributed by atoms with van der Waals surface area (Å²) < 4.78 is 33.5. The fraction of sp³-hybridized carbons (Fsp3) is 0.409. The SMILES string of the molecule is Cc1ccc(S(=O)(=O)N(CC(=O)NC[C@@H]2CCCO2)c2ccc(C)cc2C)cc1. The first kappa shape index (κ1) is 21.3. The molecule has 0 unspecified atom stereocenters. The molecule has 0 bridgehead atoms. The molecule has 1 amide bonds. The molecule has 0 saturated carbocycles. The van der Waals surface area contributed by atoms with Crippen LogP contribution in [0.25, 0.3) is 0 Å². The van der Waals surface area contributed by atoms with Crippen LogP contribution in [0.15, 0.2) is 47.4 Å². The van der Waals surface area contributed by atoms with Crippen molar-refractivity contribution in [3.63, 3.8) is 0 Å². The van der Waals surface area contributed by atoms with E-state index in [0.717, 1.165) is 29.5 Å². The van der Waals surface area contributed by atoms with Gasteiger partial charge in [0.15, 0.2) is 0 Å². The molecule has 1 aliphatic heterocycles. The number of sulfonamides is 1. The van der Waals surface area contributed by atoms with Crippen LogP contribution in [0.2, 0.25) is 0 Å². The highest BCUT2D eigenvalue weighted by Crippen LogP contribution is 2.27. The lowest BCUT2D eigenvalue weighted by atomic mass is 10.1. The number of anilines is 1. The Morgan fingerprint density at radius 1 is 1.10 bits per heavy atom. The number of ether oxygens (including phenoxy) is 1. The third-order valence-electron chi connectivity index (χ3n) is 5.07. The van der Waals surface area contributed by atoms with Gasteiger partial charge in [-0.25, -0.2) is 8.42 Å². The van der Waals surface area contributed by atoms with Crippen LogP contribution in [0.4, 0.5) is 5.69 Å². The Morgan fingerprint density at radius 3 is 2.41 bits per heavy atom. The smallest absolute Gasteiger partial charge is 0.264 e. The van der Waals surface area contributed by atoms with Gasteiger partial charge < -0.3 is 10.1 Å². The van der Waals surface area contributed by atoms with Crippen LogP contribution in [0.1, 0.15) is 29.5 Å². The van der Waals surface area contributed by atoms with Gasteiger partial charge in [-0.2, -0.15) is 0 Å². The first-order chi connectivity index (χ1) is 13.8. The Kier molecular flexibility index (Phi) is 6.59. The third-order valence-corrected chi connectivity index (χ3v) is 6.84. The molecule has 7 heteroatoms.